The van der Waals surface area contributed by atoms with E-state index < -0.39 is 11.6 Å². The average molecular weight is 383 g/mol. The Kier molecular flexibility index (Phi) is 4.68. The van der Waals surface area contributed by atoms with E-state index in [1.165, 1.54) is 24.3 Å². The number of carbonyl (C=O) groups is 1. The Hall–Kier alpha value is -3.42. The van der Waals surface area contributed by atoms with Gasteiger partial charge >= 0.3 is 5.76 Å². The van der Waals surface area contributed by atoms with E-state index in [9.17, 15) is 14.0 Å². The lowest BCUT2D eigenvalue weighted by atomic mass is 10.0. The topological polar surface area (TPSA) is 77.6 Å². The highest BCUT2D eigenvalue weighted by Crippen LogP contribution is 2.30. The zero-order valence-corrected chi connectivity index (χ0v) is 15.2. The summed E-state index contributed by atoms with van der Waals surface area (Å²) in [5.74, 6) is -0.612. The molecule has 0 spiro atoms. The summed E-state index contributed by atoms with van der Waals surface area (Å²) in [7, 11) is 1.60. The van der Waals surface area contributed by atoms with E-state index in [1.807, 2.05) is 12.1 Å². The Labute approximate surface area is 160 Å². The average Bonchev–Trinajstić information content (AvgIpc) is 3.07. The summed E-state index contributed by atoms with van der Waals surface area (Å²) in [6.45, 7) is 0.324. The number of fused-ring (bicyclic) bond motifs is 1. The van der Waals surface area contributed by atoms with Crippen LogP contribution in [0.15, 0.2) is 51.7 Å². The van der Waals surface area contributed by atoms with Crippen LogP contribution in [0.25, 0.3) is 11.5 Å². The lowest BCUT2D eigenvalue weighted by Crippen LogP contribution is -2.39. The van der Waals surface area contributed by atoms with E-state index in [2.05, 4.69) is 5.10 Å². The molecular weight excluding hydrogens is 365 g/mol. The highest BCUT2D eigenvalue weighted by Gasteiger charge is 2.24. The molecule has 28 heavy (non-hydrogen) atoms. The van der Waals surface area contributed by atoms with E-state index in [0.717, 1.165) is 34.5 Å². The molecule has 4 rings (SSSR count). The van der Waals surface area contributed by atoms with Gasteiger partial charge in [-0.05, 0) is 60.9 Å². The van der Waals surface area contributed by atoms with Gasteiger partial charge in [0, 0.05) is 17.8 Å². The normalized spacial score (nSPS) is 13.3. The van der Waals surface area contributed by atoms with Crippen LogP contribution < -0.4 is 15.4 Å². The summed E-state index contributed by atoms with van der Waals surface area (Å²) < 4.78 is 24.4. The van der Waals surface area contributed by atoms with Crippen molar-refractivity contribution in [2.75, 3.05) is 18.6 Å². The van der Waals surface area contributed by atoms with Gasteiger partial charge in [0.05, 0.1) is 7.11 Å². The number of hydrogen-bond acceptors (Lipinski definition) is 5. The standard InChI is InChI=1S/C20H18FN3O4/c1-27-16-8-9-17-14(11-16)3-2-10-23(17)18(25)12-24-20(26)28-19(22-24)13-4-6-15(21)7-5-13/h4-9,11H,2-3,10,12H2,1H3. The van der Waals surface area contributed by atoms with E-state index in [0.29, 0.717) is 12.1 Å². The van der Waals surface area contributed by atoms with Crippen molar-refractivity contribution in [3.8, 4) is 17.2 Å². The Morgan fingerprint density at radius 3 is 2.79 bits per heavy atom. The first-order valence-corrected chi connectivity index (χ1v) is 8.86. The highest BCUT2D eigenvalue weighted by atomic mass is 19.1. The van der Waals surface area contributed by atoms with Crippen LogP contribution in [-0.4, -0.2) is 29.3 Å². The van der Waals surface area contributed by atoms with Crippen LogP contribution in [0, 0.1) is 5.82 Å². The molecule has 7 nitrogen and oxygen atoms in total. The Morgan fingerprint density at radius 2 is 2.04 bits per heavy atom. The van der Waals surface area contributed by atoms with Gasteiger partial charge in [0.1, 0.15) is 18.1 Å². The van der Waals surface area contributed by atoms with E-state index >= 15 is 0 Å². The molecule has 1 aliphatic rings. The third-order valence-corrected chi connectivity index (χ3v) is 4.69. The maximum atomic E-state index is 13.1. The van der Waals surface area contributed by atoms with Crippen molar-refractivity contribution < 1.29 is 18.3 Å². The number of aromatic nitrogens is 2. The maximum absolute atomic E-state index is 13.1. The molecule has 0 aliphatic carbocycles. The van der Waals surface area contributed by atoms with Crippen molar-refractivity contribution >= 4 is 11.6 Å². The van der Waals surface area contributed by atoms with Crippen molar-refractivity contribution in [2.24, 2.45) is 0 Å². The zero-order chi connectivity index (χ0) is 19.7. The predicted octanol–water partition coefficient (Wildman–Crippen LogP) is 2.63. The molecular formula is C20H18FN3O4. The van der Waals surface area contributed by atoms with Crippen LogP contribution in [0.4, 0.5) is 10.1 Å². The van der Waals surface area contributed by atoms with E-state index in [4.69, 9.17) is 9.15 Å². The maximum Gasteiger partial charge on any atom is 0.437 e. The number of anilines is 1. The van der Waals surface area contributed by atoms with Crippen LogP contribution in [0.5, 0.6) is 5.75 Å². The number of hydrogen-bond donors (Lipinski definition) is 0. The number of ether oxygens (including phenoxy) is 1. The number of rotatable bonds is 4. The molecule has 0 radical (unpaired) electrons. The zero-order valence-electron chi connectivity index (χ0n) is 15.2. The summed E-state index contributed by atoms with van der Waals surface area (Å²) in [5.41, 5.74) is 2.30. The molecule has 8 heteroatoms. The van der Waals surface area contributed by atoms with Crippen LogP contribution in [-0.2, 0) is 17.8 Å². The van der Waals surface area contributed by atoms with Crippen molar-refractivity contribution in [3.05, 3.63) is 64.4 Å². The second-order valence-corrected chi connectivity index (χ2v) is 6.48. The predicted molar refractivity (Wildman–Crippen MR) is 99.8 cm³/mol. The number of halogens is 1. The number of aryl methyl sites for hydroxylation is 1. The molecule has 2 aromatic carbocycles. The van der Waals surface area contributed by atoms with Gasteiger partial charge in [0.25, 0.3) is 0 Å². The van der Waals surface area contributed by atoms with Crippen LogP contribution in [0.3, 0.4) is 0 Å². The van der Waals surface area contributed by atoms with Gasteiger partial charge in [-0.15, -0.1) is 5.10 Å². The molecule has 1 aliphatic heterocycles. The first-order chi connectivity index (χ1) is 13.5. The van der Waals surface area contributed by atoms with E-state index in [-0.39, 0.29) is 18.3 Å². The fourth-order valence-corrected chi connectivity index (χ4v) is 3.29. The molecule has 2 heterocycles. The Balaban J connectivity index is 1.57. The first-order valence-electron chi connectivity index (χ1n) is 8.86. The van der Waals surface area contributed by atoms with Gasteiger partial charge in [0.2, 0.25) is 11.8 Å². The van der Waals surface area contributed by atoms with Crippen LogP contribution in [0.2, 0.25) is 0 Å². The molecule has 0 saturated heterocycles. The first kappa shape index (κ1) is 18.0. The molecule has 144 valence electrons. The highest BCUT2D eigenvalue weighted by molar-refractivity contribution is 5.94. The van der Waals surface area contributed by atoms with Gasteiger partial charge in [-0.3, -0.25) is 4.79 Å². The molecule has 0 fully saturated rings. The van der Waals surface area contributed by atoms with Gasteiger partial charge in [0.15, 0.2) is 0 Å². The summed E-state index contributed by atoms with van der Waals surface area (Å²) in [6.07, 6.45) is 1.68. The second-order valence-electron chi connectivity index (χ2n) is 6.48. The second kappa shape index (κ2) is 7.30. The Morgan fingerprint density at radius 1 is 1.25 bits per heavy atom. The Bertz CT molecular complexity index is 1070. The summed E-state index contributed by atoms with van der Waals surface area (Å²) in [5, 5.41) is 4.08. The summed E-state index contributed by atoms with van der Waals surface area (Å²) in [4.78, 5) is 26.6. The van der Waals surface area contributed by atoms with Gasteiger partial charge < -0.3 is 14.1 Å². The monoisotopic (exact) mass is 383 g/mol. The SMILES string of the molecule is COc1ccc2c(c1)CCCN2C(=O)Cn1nc(-c2ccc(F)cc2)oc1=O. The number of benzene rings is 2. The largest absolute Gasteiger partial charge is 0.497 e. The molecule has 0 atom stereocenters. The fourth-order valence-electron chi connectivity index (χ4n) is 3.29. The van der Waals surface area contributed by atoms with Crippen molar-refractivity contribution in [1.29, 1.82) is 0 Å². The molecule has 0 bridgehead atoms. The van der Waals surface area contributed by atoms with Crippen molar-refractivity contribution in [3.63, 3.8) is 0 Å². The lowest BCUT2D eigenvalue weighted by Gasteiger charge is -2.29. The van der Waals surface area contributed by atoms with Crippen LogP contribution >= 0.6 is 0 Å². The van der Waals surface area contributed by atoms with Crippen molar-refractivity contribution in [2.45, 2.75) is 19.4 Å². The van der Waals surface area contributed by atoms with E-state index in [1.54, 1.807) is 18.1 Å². The fraction of sp³-hybridized carbons (Fsp3) is 0.250. The number of nitrogens with zero attached hydrogens (tertiary/aromatic N) is 3. The number of carbonyl (C=O) groups excluding carboxylic acids is 1. The number of methoxy groups -OCH3 is 1. The molecule has 0 unspecified atom stereocenters. The lowest BCUT2D eigenvalue weighted by molar-refractivity contribution is -0.119. The summed E-state index contributed by atoms with van der Waals surface area (Å²) in [6, 6.07) is 11.0. The molecule has 3 aromatic rings. The third kappa shape index (κ3) is 3.40. The van der Waals surface area contributed by atoms with Gasteiger partial charge in [-0.1, -0.05) is 0 Å². The minimum atomic E-state index is -0.736. The summed E-state index contributed by atoms with van der Waals surface area (Å²) >= 11 is 0. The minimum absolute atomic E-state index is 0.0431. The smallest absolute Gasteiger partial charge is 0.437 e. The van der Waals surface area contributed by atoms with Crippen LogP contribution in [0.1, 0.15) is 12.0 Å². The molecule has 1 aromatic heterocycles. The molecule has 1 amide bonds. The molecule has 0 saturated carbocycles. The van der Waals surface area contributed by atoms with Gasteiger partial charge in [-0.2, -0.15) is 4.68 Å². The quantitative estimate of drug-likeness (QED) is 0.692. The van der Waals surface area contributed by atoms with Crippen molar-refractivity contribution in [1.82, 2.24) is 9.78 Å². The number of amides is 1. The minimum Gasteiger partial charge on any atom is -0.497 e. The third-order valence-electron chi connectivity index (χ3n) is 4.69. The van der Waals surface area contributed by atoms with Gasteiger partial charge in [-0.25, -0.2) is 9.18 Å². The molecule has 0 N–H and O–H groups in total.